The Hall–Kier alpha value is -0.510. The molecule has 0 aromatic heterocycles. The Bertz CT molecular complexity index is 318. The monoisotopic (exact) mass is 238 g/mol. The molecule has 0 heterocycles. The van der Waals surface area contributed by atoms with Crippen molar-refractivity contribution in [3.63, 3.8) is 0 Å². The molecule has 78 valence electrons. The molecule has 0 amide bonds. The van der Waals surface area contributed by atoms with Crippen LogP contribution in [0.15, 0.2) is 18.2 Å². The molecule has 1 unspecified atom stereocenters. The molecule has 0 spiro atoms. The van der Waals surface area contributed by atoms with E-state index in [0.717, 1.165) is 6.07 Å². The summed E-state index contributed by atoms with van der Waals surface area (Å²) in [7, 11) is 1.38. The van der Waals surface area contributed by atoms with E-state index in [1.165, 1.54) is 19.2 Å². The maximum absolute atomic E-state index is 12.8. The molecule has 1 aromatic carbocycles. The van der Waals surface area contributed by atoms with E-state index in [2.05, 4.69) is 0 Å². The fourth-order valence-corrected chi connectivity index (χ4v) is 1.34. The van der Waals surface area contributed by atoms with E-state index in [4.69, 9.17) is 27.9 Å². The summed E-state index contributed by atoms with van der Waals surface area (Å²) in [6.45, 7) is 0. The van der Waals surface area contributed by atoms with Gasteiger partial charge in [0.25, 0.3) is 0 Å². The number of aliphatic hydroxyl groups is 1. The Labute approximate surface area is 91.2 Å². The zero-order valence-corrected chi connectivity index (χ0v) is 8.89. The van der Waals surface area contributed by atoms with Gasteiger partial charge in [-0.1, -0.05) is 0 Å². The van der Waals surface area contributed by atoms with Gasteiger partial charge in [-0.2, -0.15) is 0 Å². The van der Waals surface area contributed by atoms with Crippen molar-refractivity contribution in [3.8, 4) is 5.75 Å². The van der Waals surface area contributed by atoms with Crippen LogP contribution in [0, 0.1) is 5.82 Å². The summed E-state index contributed by atoms with van der Waals surface area (Å²) < 4.78 is 17.7. The lowest BCUT2D eigenvalue weighted by atomic mass is 10.1. The summed E-state index contributed by atoms with van der Waals surface area (Å²) in [5.74, 6) is -0.220. The molecule has 0 fully saturated rings. The fraction of sp³-hybridized carbons (Fsp3) is 0.333. The highest BCUT2D eigenvalue weighted by Crippen LogP contribution is 2.31. The number of hydrogen-bond donors (Lipinski definition) is 1. The highest BCUT2D eigenvalue weighted by atomic mass is 35.5. The van der Waals surface area contributed by atoms with Crippen molar-refractivity contribution in [1.82, 2.24) is 0 Å². The summed E-state index contributed by atoms with van der Waals surface area (Å²) >= 11 is 11.0. The van der Waals surface area contributed by atoms with Gasteiger partial charge in [0, 0.05) is 11.6 Å². The van der Waals surface area contributed by atoms with Gasteiger partial charge in [0.2, 0.25) is 0 Å². The van der Waals surface area contributed by atoms with Crippen molar-refractivity contribution in [1.29, 1.82) is 0 Å². The first-order chi connectivity index (χ1) is 6.56. The van der Waals surface area contributed by atoms with E-state index in [1.54, 1.807) is 0 Å². The highest BCUT2D eigenvalue weighted by molar-refractivity contribution is 6.44. The van der Waals surface area contributed by atoms with Gasteiger partial charge in [-0.15, -0.1) is 23.2 Å². The largest absolute Gasteiger partial charge is 0.496 e. The third kappa shape index (κ3) is 2.50. The first-order valence-corrected chi connectivity index (χ1v) is 4.73. The smallest absolute Gasteiger partial charge is 0.137 e. The fourth-order valence-electron chi connectivity index (χ4n) is 1.07. The summed E-state index contributed by atoms with van der Waals surface area (Å²) in [6, 6.07) is 3.75. The lowest BCUT2D eigenvalue weighted by Gasteiger charge is -2.15. The molecular formula is C9H9Cl2FO2. The van der Waals surface area contributed by atoms with Crippen LogP contribution in [-0.2, 0) is 0 Å². The van der Waals surface area contributed by atoms with Crippen LogP contribution in [0.2, 0.25) is 0 Å². The second-order valence-corrected chi connectivity index (χ2v) is 3.83. The van der Waals surface area contributed by atoms with Crippen LogP contribution in [0.5, 0.6) is 5.75 Å². The lowest BCUT2D eigenvalue weighted by molar-refractivity contribution is 0.188. The van der Waals surface area contributed by atoms with E-state index in [9.17, 15) is 9.50 Å². The number of rotatable bonds is 3. The van der Waals surface area contributed by atoms with E-state index in [1.807, 2.05) is 0 Å². The van der Waals surface area contributed by atoms with Gasteiger partial charge in [0.05, 0.1) is 7.11 Å². The molecule has 1 aromatic rings. The van der Waals surface area contributed by atoms with Gasteiger partial charge in [0.15, 0.2) is 0 Å². The summed E-state index contributed by atoms with van der Waals surface area (Å²) in [5, 5.41) is 9.53. The highest BCUT2D eigenvalue weighted by Gasteiger charge is 2.20. The number of methoxy groups -OCH3 is 1. The van der Waals surface area contributed by atoms with Crippen molar-refractivity contribution < 1.29 is 14.2 Å². The van der Waals surface area contributed by atoms with Crippen LogP contribution in [0.4, 0.5) is 4.39 Å². The van der Waals surface area contributed by atoms with E-state index < -0.39 is 16.8 Å². The Balaban J connectivity index is 3.07. The first-order valence-electron chi connectivity index (χ1n) is 3.86. The van der Waals surface area contributed by atoms with Crippen LogP contribution in [-0.4, -0.2) is 17.1 Å². The maximum atomic E-state index is 12.8. The number of aliphatic hydroxyl groups excluding tert-OH is 1. The van der Waals surface area contributed by atoms with Crippen LogP contribution in [0.1, 0.15) is 11.7 Å². The SMILES string of the molecule is COc1cc(F)ccc1C(O)C(Cl)Cl. The predicted octanol–water partition coefficient (Wildman–Crippen LogP) is 2.67. The molecular weight excluding hydrogens is 230 g/mol. The molecule has 0 bridgehead atoms. The van der Waals surface area contributed by atoms with Crippen molar-refractivity contribution in [2.75, 3.05) is 7.11 Å². The van der Waals surface area contributed by atoms with E-state index in [0.29, 0.717) is 5.56 Å². The Morgan fingerprint density at radius 2 is 2.07 bits per heavy atom. The van der Waals surface area contributed by atoms with Crippen LogP contribution in [0.3, 0.4) is 0 Å². The number of halogens is 3. The van der Waals surface area contributed by atoms with Gasteiger partial charge in [-0.25, -0.2) is 4.39 Å². The minimum absolute atomic E-state index is 0.226. The number of benzene rings is 1. The molecule has 0 aliphatic carbocycles. The minimum Gasteiger partial charge on any atom is -0.496 e. The Morgan fingerprint density at radius 3 is 2.57 bits per heavy atom. The Kier molecular flexibility index (Phi) is 3.98. The van der Waals surface area contributed by atoms with Gasteiger partial charge in [0.1, 0.15) is 22.5 Å². The number of ether oxygens (including phenoxy) is 1. The Morgan fingerprint density at radius 1 is 1.43 bits per heavy atom. The molecule has 0 radical (unpaired) electrons. The van der Waals surface area contributed by atoms with Crippen molar-refractivity contribution in [3.05, 3.63) is 29.6 Å². The standard InChI is InChI=1S/C9H9Cl2FO2/c1-14-7-4-5(12)2-3-6(7)8(13)9(10)11/h2-4,8-9,13H,1H3. The zero-order chi connectivity index (χ0) is 10.7. The van der Waals surface area contributed by atoms with Crippen molar-refractivity contribution in [2.45, 2.75) is 10.9 Å². The molecule has 14 heavy (non-hydrogen) atoms. The third-order valence-electron chi connectivity index (χ3n) is 1.75. The second-order valence-electron chi connectivity index (χ2n) is 2.67. The summed E-state index contributed by atoms with van der Waals surface area (Å²) in [6.07, 6.45) is -1.09. The lowest BCUT2D eigenvalue weighted by Crippen LogP contribution is -2.07. The topological polar surface area (TPSA) is 29.5 Å². The average Bonchev–Trinajstić information content (AvgIpc) is 2.16. The predicted molar refractivity (Wildman–Crippen MR) is 53.4 cm³/mol. The van der Waals surface area contributed by atoms with E-state index in [-0.39, 0.29) is 5.75 Å². The van der Waals surface area contributed by atoms with Gasteiger partial charge < -0.3 is 9.84 Å². The van der Waals surface area contributed by atoms with Crippen LogP contribution in [0.25, 0.3) is 0 Å². The minimum atomic E-state index is -1.09. The van der Waals surface area contributed by atoms with Crippen LogP contribution < -0.4 is 4.74 Å². The van der Waals surface area contributed by atoms with Crippen LogP contribution >= 0.6 is 23.2 Å². The zero-order valence-electron chi connectivity index (χ0n) is 7.38. The summed E-state index contributed by atoms with van der Waals surface area (Å²) in [5.41, 5.74) is 0.365. The first kappa shape index (κ1) is 11.6. The third-order valence-corrected chi connectivity index (χ3v) is 2.23. The normalized spacial score (nSPS) is 13.0. The maximum Gasteiger partial charge on any atom is 0.137 e. The molecule has 0 saturated heterocycles. The quantitative estimate of drug-likeness (QED) is 0.821. The molecule has 2 nitrogen and oxygen atoms in total. The number of hydrogen-bond acceptors (Lipinski definition) is 2. The second kappa shape index (κ2) is 4.82. The molecule has 1 N–H and O–H groups in total. The molecule has 5 heteroatoms. The summed E-state index contributed by atoms with van der Waals surface area (Å²) in [4.78, 5) is -0.977. The van der Waals surface area contributed by atoms with E-state index >= 15 is 0 Å². The molecule has 0 aliphatic heterocycles. The number of alkyl halides is 2. The van der Waals surface area contributed by atoms with Gasteiger partial charge >= 0.3 is 0 Å². The molecule has 0 aliphatic rings. The van der Waals surface area contributed by atoms with Gasteiger partial charge in [-0.05, 0) is 12.1 Å². The van der Waals surface area contributed by atoms with Crippen molar-refractivity contribution >= 4 is 23.2 Å². The molecule has 1 atom stereocenters. The van der Waals surface area contributed by atoms with Crippen molar-refractivity contribution in [2.24, 2.45) is 0 Å². The molecule has 0 saturated carbocycles. The molecule has 1 rings (SSSR count). The average molecular weight is 239 g/mol. The van der Waals surface area contributed by atoms with Gasteiger partial charge in [-0.3, -0.25) is 0 Å².